The molecular formula is C10H14N4O2S. The topological polar surface area (TPSA) is 93.0 Å². The summed E-state index contributed by atoms with van der Waals surface area (Å²) < 4.78 is 5.35. The first-order valence-electron chi connectivity index (χ1n) is 5.33. The van der Waals surface area contributed by atoms with Crippen molar-refractivity contribution >= 4 is 28.9 Å². The Morgan fingerprint density at radius 2 is 2.53 bits per heavy atom. The number of aromatic nitrogens is 2. The van der Waals surface area contributed by atoms with Crippen LogP contribution in [-0.2, 0) is 9.53 Å². The molecule has 4 N–H and O–H groups in total. The third kappa shape index (κ3) is 2.62. The minimum atomic E-state index is -0.132. The van der Waals surface area contributed by atoms with Gasteiger partial charge in [-0.2, -0.15) is 5.10 Å². The van der Waals surface area contributed by atoms with Gasteiger partial charge in [-0.05, 0) is 13.3 Å². The summed E-state index contributed by atoms with van der Waals surface area (Å²) >= 11 is 4.85. The number of rotatable bonds is 3. The van der Waals surface area contributed by atoms with E-state index in [1.165, 1.54) is 6.20 Å². The highest BCUT2D eigenvalue weighted by Gasteiger charge is 2.28. The van der Waals surface area contributed by atoms with Gasteiger partial charge in [0, 0.05) is 0 Å². The van der Waals surface area contributed by atoms with Crippen LogP contribution in [-0.4, -0.2) is 33.8 Å². The van der Waals surface area contributed by atoms with Crippen molar-refractivity contribution < 1.29 is 9.53 Å². The lowest BCUT2D eigenvalue weighted by atomic mass is 10.1. The average Bonchev–Trinajstić information content (AvgIpc) is 2.86. The minimum absolute atomic E-state index is 0.101. The Bertz CT molecular complexity index is 445. The minimum Gasteiger partial charge on any atom is -0.389 e. The molecule has 17 heavy (non-hydrogen) atoms. The van der Waals surface area contributed by atoms with Crippen molar-refractivity contribution in [2.45, 2.75) is 19.4 Å². The molecule has 6 nitrogen and oxygen atoms in total. The maximum absolute atomic E-state index is 11.9. The molecule has 92 valence electrons. The van der Waals surface area contributed by atoms with E-state index < -0.39 is 0 Å². The van der Waals surface area contributed by atoms with E-state index in [4.69, 9.17) is 22.7 Å². The van der Waals surface area contributed by atoms with E-state index in [9.17, 15) is 4.79 Å². The van der Waals surface area contributed by atoms with Crippen molar-refractivity contribution in [3.63, 3.8) is 0 Å². The smallest absolute Gasteiger partial charge is 0.231 e. The van der Waals surface area contributed by atoms with Gasteiger partial charge in [0.15, 0.2) is 0 Å². The summed E-state index contributed by atoms with van der Waals surface area (Å²) in [6.45, 7) is 2.40. The van der Waals surface area contributed by atoms with Gasteiger partial charge in [0.05, 0.1) is 30.4 Å². The SMILES string of the molecule is CC1CC(C(=O)Nc2[nH]ncc2C(N)=S)CO1. The van der Waals surface area contributed by atoms with Crippen LogP contribution in [0, 0.1) is 5.92 Å². The van der Waals surface area contributed by atoms with Crippen LogP contribution in [0.2, 0.25) is 0 Å². The third-order valence-corrected chi connectivity index (χ3v) is 2.94. The van der Waals surface area contributed by atoms with Crippen molar-refractivity contribution in [3.8, 4) is 0 Å². The molecule has 0 bridgehead atoms. The maximum atomic E-state index is 11.9. The molecule has 2 heterocycles. The van der Waals surface area contributed by atoms with E-state index in [0.717, 1.165) is 6.42 Å². The predicted octanol–water partition coefficient (Wildman–Crippen LogP) is 0.407. The van der Waals surface area contributed by atoms with Crippen LogP contribution < -0.4 is 11.1 Å². The fourth-order valence-corrected chi connectivity index (χ4v) is 1.95. The number of nitrogens with two attached hydrogens (primary N) is 1. The molecule has 1 aromatic heterocycles. The van der Waals surface area contributed by atoms with E-state index in [2.05, 4.69) is 15.5 Å². The highest BCUT2D eigenvalue weighted by atomic mass is 32.1. The molecule has 1 aliphatic heterocycles. The Balaban J connectivity index is 2.03. The molecule has 2 atom stereocenters. The fraction of sp³-hybridized carbons (Fsp3) is 0.500. The first-order valence-corrected chi connectivity index (χ1v) is 5.74. The van der Waals surface area contributed by atoms with Crippen molar-refractivity contribution in [2.24, 2.45) is 11.7 Å². The summed E-state index contributed by atoms with van der Waals surface area (Å²) in [6, 6.07) is 0. The molecule has 1 aliphatic rings. The van der Waals surface area contributed by atoms with E-state index in [1.807, 2.05) is 6.92 Å². The number of amides is 1. The zero-order chi connectivity index (χ0) is 12.4. The molecule has 1 fully saturated rings. The number of hydrogen-bond acceptors (Lipinski definition) is 4. The number of nitrogens with one attached hydrogen (secondary N) is 2. The number of anilines is 1. The highest BCUT2D eigenvalue weighted by molar-refractivity contribution is 7.80. The number of aromatic amines is 1. The van der Waals surface area contributed by atoms with Gasteiger partial charge in [0.25, 0.3) is 0 Å². The van der Waals surface area contributed by atoms with Gasteiger partial charge in [-0.3, -0.25) is 9.89 Å². The lowest BCUT2D eigenvalue weighted by molar-refractivity contribution is -0.119. The second-order valence-corrected chi connectivity index (χ2v) is 4.53. The van der Waals surface area contributed by atoms with Gasteiger partial charge in [-0.25, -0.2) is 0 Å². The lowest BCUT2D eigenvalue weighted by Gasteiger charge is -2.08. The largest absolute Gasteiger partial charge is 0.389 e. The molecule has 2 rings (SSSR count). The molecule has 1 amide bonds. The van der Waals surface area contributed by atoms with Crippen LogP contribution in [0.1, 0.15) is 18.9 Å². The summed E-state index contributed by atoms with van der Waals surface area (Å²) in [7, 11) is 0. The molecule has 2 unspecified atom stereocenters. The number of ether oxygens (including phenoxy) is 1. The number of nitrogens with zero attached hydrogens (tertiary/aromatic N) is 1. The molecule has 0 spiro atoms. The monoisotopic (exact) mass is 254 g/mol. The van der Waals surface area contributed by atoms with E-state index in [0.29, 0.717) is 18.0 Å². The second kappa shape index (κ2) is 4.80. The number of H-pyrrole nitrogens is 1. The normalized spacial score (nSPS) is 23.6. The first kappa shape index (κ1) is 12.0. The summed E-state index contributed by atoms with van der Waals surface area (Å²) in [5, 5.41) is 9.19. The van der Waals surface area contributed by atoms with Crippen molar-refractivity contribution in [2.75, 3.05) is 11.9 Å². The van der Waals surface area contributed by atoms with Gasteiger partial charge in [-0.1, -0.05) is 12.2 Å². The molecule has 0 aromatic carbocycles. The Morgan fingerprint density at radius 3 is 3.12 bits per heavy atom. The second-order valence-electron chi connectivity index (χ2n) is 4.09. The Labute approximate surface area is 104 Å². The molecular weight excluding hydrogens is 240 g/mol. The fourth-order valence-electron chi connectivity index (χ4n) is 1.79. The summed E-state index contributed by atoms with van der Waals surface area (Å²) in [5.74, 6) is 0.214. The van der Waals surface area contributed by atoms with Crippen LogP contribution in [0.15, 0.2) is 6.20 Å². The number of carbonyl (C=O) groups excluding carboxylic acids is 1. The molecule has 0 radical (unpaired) electrons. The van der Waals surface area contributed by atoms with E-state index in [-0.39, 0.29) is 22.9 Å². The Hall–Kier alpha value is -1.47. The highest BCUT2D eigenvalue weighted by Crippen LogP contribution is 2.21. The van der Waals surface area contributed by atoms with Crippen LogP contribution in [0.25, 0.3) is 0 Å². The van der Waals surface area contributed by atoms with Gasteiger partial charge in [-0.15, -0.1) is 0 Å². The Morgan fingerprint density at radius 1 is 1.76 bits per heavy atom. The molecule has 0 saturated carbocycles. The van der Waals surface area contributed by atoms with Crippen LogP contribution >= 0.6 is 12.2 Å². The average molecular weight is 254 g/mol. The molecule has 1 saturated heterocycles. The zero-order valence-corrected chi connectivity index (χ0v) is 10.2. The lowest BCUT2D eigenvalue weighted by Crippen LogP contribution is -2.24. The van der Waals surface area contributed by atoms with Crippen LogP contribution in [0.4, 0.5) is 5.82 Å². The van der Waals surface area contributed by atoms with E-state index in [1.54, 1.807) is 0 Å². The van der Waals surface area contributed by atoms with Crippen molar-refractivity contribution in [1.29, 1.82) is 0 Å². The van der Waals surface area contributed by atoms with Crippen molar-refractivity contribution in [3.05, 3.63) is 11.8 Å². The summed E-state index contributed by atoms with van der Waals surface area (Å²) in [4.78, 5) is 12.1. The number of hydrogen-bond donors (Lipinski definition) is 3. The van der Waals surface area contributed by atoms with Crippen LogP contribution in [0.3, 0.4) is 0 Å². The Kier molecular flexibility index (Phi) is 3.39. The number of thiocarbonyl (C=S) groups is 1. The molecule has 1 aromatic rings. The first-order chi connectivity index (χ1) is 8.08. The van der Waals surface area contributed by atoms with Gasteiger partial charge >= 0.3 is 0 Å². The molecule has 7 heteroatoms. The van der Waals surface area contributed by atoms with Crippen LogP contribution in [0.5, 0.6) is 0 Å². The van der Waals surface area contributed by atoms with Gasteiger partial charge in [0.1, 0.15) is 10.8 Å². The third-order valence-electron chi connectivity index (χ3n) is 2.72. The van der Waals surface area contributed by atoms with Gasteiger partial charge in [0.2, 0.25) is 5.91 Å². The molecule has 0 aliphatic carbocycles. The standard InChI is InChI=1S/C10H14N4O2S/c1-5-2-6(4-16-5)10(15)13-9-7(8(11)17)3-12-14-9/h3,5-6H,2,4H2,1H3,(H2,11,17)(H2,12,13,14,15). The zero-order valence-electron chi connectivity index (χ0n) is 9.40. The maximum Gasteiger partial charge on any atom is 0.231 e. The van der Waals surface area contributed by atoms with E-state index >= 15 is 0 Å². The quantitative estimate of drug-likeness (QED) is 0.679. The number of carbonyl (C=O) groups is 1. The van der Waals surface area contributed by atoms with Crippen molar-refractivity contribution in [1.82, 2.24) is 10.2 Å². The van der Waals surface area contributed by atoms with Gasteiger partial charge < -0.3 is 15.8 Å². The summed E-state index contributed by atoms with van der Waals surface area (Å²) in [6.07, 6.45) is 2.34. The summed E-state index contributed by atoms with van der Waals surface area (Å²) in [5.41, 5.74) is 6.05. The predicted molar refractivity (Wildman–Crippen MR) is 66.6 cm³/mol.